The van der Waals surface area contributed by atoms with Crippen LogP contribution in [0, 0.1) is 11.6 Å². The number of nitrogens with one attached hydrogen (secondary N) is 2. The zero-order chi connectivity index (χ0) is 49.3. The van der Waals surface area contributed by atoms with Gasteiger partial charge in [-0.1, -0.05) is 73.5 Å². The van der Waals surface area contributed by atoms with E-state index >= 15 is 0 Å². The Morgan fingerprint density at radius 1 is 0.597 bits per heavy atom. The fourth-order valence-electron chi connectivity index (χ4n) is 10.9. The van der Waals surface area contributed by atoms with Crippen molar-refractivity contribution in [2.24, 2.45) is 0 Å². The summed E-state index contributed by atoms with van der Waals surface area (Å²) in [6, 6.07) is 20.7. The molecule has 4 aliphatic rings. The Kier molecular flexibility index (Phi) is 13.4. The Labute approximate surface area is 417 Å². The van der Waals surface area contributed by atoms with Gasteiger partial charge in [0.2, 0.25) is 11.9 Å². The van der Waals surface area contributed by atoms with Crippen molar-refractivity contribution in [3.05, 3.63) is 154 Å². The molecule has 0 amide bonds. The lowest BCUT2D eigenvalue weighted by Crippen LogP contribution is -2.25. The molecule has 2 aromatic carbocycles. The minimum absolute atomic E-state index is 0.195. The smallest absolute Gasteiger partial charge is 0.228 e. The molecule has 12 rings (SSSR count). The number of pyridine rings is 2. The Morgan fingerprint density at radius 2 is 1.04 bits per heavy atom. The fraction of sp³-hybridized carbons (Fsp3) is 0.357. The SMILES string of the molecule is COCC[C@@H](C)c1cnn2c(N[C@@H]3CCC4=C(C3)c3ccccc3C4)nc(-c3cncc(F)c3)nc12.COCC[C@H](C)c1cnn2c(N[C@@H]3CCC4=C(C3)c3ccccc3C4)nc(-c3cncc(F)c3)nc12. The summed E-state index contributed by atoms with van der Waals surface area (Å²) in [4.78, 5) is 27.2. The van der Waals surface area contributed by atoms with Crippen LogP contribution in [0.1, 0.15) is 110 Å². The number of aromatic nitrogens is 10. The van der Waals surface area contributed by atoms with Gasteiger partial charge < -0.3 is 20.1 Å². The summed E-state index contributed by atoms with van der Waals surface area (Å²) in [6.07, 6.45) is 19.1. The Balaban J connectivity index is 0.000000156. The second-order valence-corrected chi connectivity index (χ2v) is 19.6. The molecular weight excluding hydrogens is 911 g/mol. The number of hydrogen-bond acceptors (Lipinski definition) is 12. The third-order valence-electron chi connectivity index (χ3n) is 14.8. The molecule has 368 valence electrons. The average molecular weight is 969 g/mol. The van der Waals surface area contributed by atoms with Crippen LogP contribution < -0.4 is 10.6 Å². The first kappa shape index (κ1) is 47.0. The highest BCUT2D eigenvalue weighted by Gasteiger charge is 2.31. The first-order chi connectivity index (χ1) is 35.2. The number of halogens is 2. The molecular formula is C56H58F2N12O2. The number of rotatable bonds is 14. The maximum absolute atomic E-state index is 14.0. The third-order valence-corrected chi connectivity index (χ3v) is 14.8. The summed E-state index contributed by atoms with van der Waals surface area (Å²) < 4.78 is 42.1. The van der Waals surface area contributed by atoms with Gasteiger partial charge in [0.25, 0.3) is 0 Å². The molecule has 2 N–H and O–H groups in total. The van der Waals surface area contributed by atoms with Crippen molar-refractivity contribution in [1.29, 1.82) is 0 Å². The molecule has 6 aromatic heterocycles. The number of ether oxygens (including phenoxy) is 2. The topological polar surface area (TPSA) is 154 Å². The van der Waals surface area contributed by atoms with Gasteiger partial charge >= 0.3 is 0 Å². The summed E-state index contributed by atoms with van der Waals surface area (Å²) in [5.41, 5.74) is 16.2. The summed E-state index contributed by atoms with van der Waals surface area (Å²) in [6.45, 7) is 5.58. The number of fused-ring (bicyclic) bond motifs is 6. The van der Waals surface area contributed by atoms with Crippen LogP contribution in [-0.4, -0.2) is 88.6 Å². The van der Waals surface area contributed by atoms with Gasteiger partial charge in [-0.2, -0.15) is 29.2 Å². The minimum Gasteiger partial charge on any atom is -0.385 e. The molecule has 4 aliphatic carbocycles. The molecule has 16 heteroatoms. The van der Waals surface area contributed by atoms with Crippen molar-refractivity contribution in [1.82, 2.24) is 49.1 Å². The van der Waals surface area contributed by atoms with E-state index in [4.69, 9.17) is 29.4 Å². The Bertz CT molecular complexity index is 3140. The number of nitrogens with zero attached hydrogens (tertiary/aromatic N) is 10. The van der Waals surface area contributed by atoms with Crippen LogP contribution in [-0.2, 0) is 22.3 Å². The first-order valence-electron chi connectivity index (χ1n) is 25.0. The molecule has 4 atom stereocenters. The highest BCUT2D eigenvalue weighted by molar-refractivity contribution is 5.79. The van der Waals surface area contributed by atoms with Gasteiger partial charge in [0.1, 0.15) is 11.6 Å². The quantitative estimate of drug-likeness (QED) is 0.107. The molecule has 6 heterocycles. The van der Waals surface area contributed by atoms with Crippen molar-refractivity contribution >= 4 is 34.3 Å². The number of allylic oxidation sites excluding steroid dienone is 2. The van der Waals surface area contributed by atoms with E-state index in [1.165, 1.54) is 57.9 Å². The van der Waals surface area contributed by atoms with E-state index in [1.54, 1.807) is 46.8 Å². The van der Waals surface area contributed by atoms with Gasteiger partial charge in [0.05, 0.1) is 24.8 Å². The average Bonchev–Trinajstić information content (AvgIpc) is 4.21. The van der Waals surface area contributed by atoms with Gasteiger partial charge in [0.15, 0.2) is 22.9 Å². The predicted octanol–water partition coefficient (Wildman–Crippen LogP) is 10.9. The lowest BCUT2D eigenvalue weighted by atomic mass is 9.88. The summed E-state index contributed by atoms with van der Waals surface area (Å²) >= 11 is 0. The Hall–Kier alpha value is -7.30. The highest BCUT2D eigenvalue weighted by atomic mass is 19.1. The van der Waals surface area contributed by atoms with Crippen LogP contribution in [0.4, 0.5) is 20.7 Å². The van der Waals surface area contributed by atoms with Crippen molar-refractivity contribution in [3.63, 3.8) is 0 Å². The van der Waals surface area contributed by atoms with E-state index in [9.17, 15) is 8.78 Å². The molecule has 0 saturated carbocycles. The molecule has 0 radical (unpaired) electrons. The van der Waals surface area contributed by atoms with Crippen LogP contribution in [0.25, 0.3) is 45.2 Å². The van der Waals surface area contributed by atoms with E-state index in [0.29, 0.717) is 47.9 Å². The molecule has 14 nitrogen and oxygen atoms in total. The van der Waals surface area contributed by atoms with Crippen LogP contribution in [0.2, 0.25) is 0 Å². The lowest BCUT2D eigenvalue weighted by molar-refractivity contribution is 0.189. The van der Waals surface area contributed by atoms with Gasteiger partial charge in [-0.3, -0.25) is 9.97 Å². The number of hydrogen-bond donors (Lipinski definition) is 2. The number of anilines is 2. The largest absolute Gasteiger partial charge is 0.385 e. The predicted molar refractivity (Wildman–Crippen MR) is 274 cm³/mol. The fourth-order valence-corrected chi connectivity index (χ4v) is 10.9. The van der Waals surface area contributed by atoms with Gasteiger partial charge in [0, 0.05) is 74.2 Å². The third kappa shape index (κ3) is 9.48. The molecule has 0 aliphatic heterocycles. The number of benzene rings is 2. The van der Waals surface area contributed by atoms with Crippen molar-refractivity contribution in [2.45, 2.75) is 102 Å². The van der Waals surface area contributed by atoms with E-state index < -0.39 is 11.6 Å². The normalized spacial score (nSPS) is 17.8. The molecule has 0 fully saturated rings. The molecule has 0 bridgehead atoms. The first-order valence-corrected chi connectivity index (χ1v) is 25.0. The molecule has 8 aromatic rings. The van der Waals surface area contributed by atoms with E-state index in [0.717, 1.165) is 86.6 Å². The van der Waals surface area contributed by atoms with Crippen LogP contribution >= 0.6 is 0 Å². The molecule has 0 unspecified atom stereocenters. The lowest BCUT2D eigenvalue weighted by Gasteiger charge is -2.26. The van der Waals surface area contributed by atoms with Crippen LogP contribution in [0.3, 0.4) is 0 Å². The van der Waals surface area contributed by atoms with E-state index in [-0.39, 0.29) is 23.9 Å². The molecule has 72 heavy (non-hydrogen) atoms. The zero-order valence-electron chi connectivity index (χ0n) is 41.1. The number of methoxy groups -OCH3 is 2. The monoisotopic (exact) mass is 968 g/mol. The van der Waals surface area contributed by atoms with E-state index in [1.807, 2.05) is 12.4 Å². The second kappa shape index (κ2) is 20.4. The maximum atomic E-state index is 14.0. The van der Waals surface area contributed by atoms with Crippen molar-refractivity contribution in [3.8, 4) is 22.8 Å². The summed E-state index contributed by atoms with van der Waals surface area (Å²) in [7, 11) is 3.41. The molecule has 0 saturated heterocycles. The Morgan fingerprint density at radius 3 is 1.47 bits per heavy atom. The van der Waals surface area contributed by atoms with Crippen molar-refractivity contribution in [2.75, 3.05) is 38.1 Å². The van der Waals surface area contributed by atoms with Crippen molar-refractivity contribution < 1.29 is 18.3 Å². The van der Waals surface area contributed by atoms with Crippen LogP contribution in [0.5, 0.6) is 0 Å². The van der Waals surface area contributed by atoms with Gasteiger partial charge in [-0.25, -0.2) is 18.7 Å². The van der Waals surface area contributed by atoms with Gasteiger partial charge in [-0.05, 0) is 122 Å². The maximum Gasteiger partial charge on any atom is 0.228 e. The summed E-state index contributed by atoms with van der Waals surface area (Å²) in [5.74, 6) is 1.65. The summed E-state index contributed by atoms with van der Waals surface area (Å²) in [5, 5.41) is 16.6. The standard InChI is InChI=1S/2C28H29FN6O/c2*1-17(9-10-36-2)25-16-31-35-27(25)33-26(20-12-21(29)15-30-14-20)34-28(35)32-22-8-7-19-11-18-5-3-4-6-23(18)24(19)13-22/h2*3-6,12,14-17,22H,7-11,13H2,1-2H3,(H,32,33,34)/t17-,22+;17-,22-/m01/s1. The zero-order valence-corrected chi connectivity index (χ0v) is 41.1. The highest BCUT2D eigenvalue weighted by Crippen LogP contribution is 2.44. The second-order valence-electron chi connectivity index (χ2n) is 19.6. The minimum atomic E-state index is -0.417. The molecule has 0 spiro atoms. The van der Waals surface area contributed by atoms with Gasteiger partial charge in [-0.15, -0.1) is 0 Å². The van der Waals surface area contributed by atoms with Crippen LogP contribution in [0.15, 0.2) is 109 Å². The van der Waals surface area contributed by atoms with E-state index in [2.05, 4.69) is 93.2 Å².